The standard InChI is InChI=1S/C18H15ClN2O2/c19-16(13-7-3-1-4-8-13)17(14-9-5-2-6-10-14)21-12-11-15(22)20-18(21)23/h1-12,16-17H,(H,20,22,23). The Balaban J connectivity index is 2.15. The summed E-state index contributed by atoms with van der Waals surface area (Å²) in [6.45, 7) is 0. The van der Waals surface area contributed by atoms with Gasteiger partial charge in [-0.05, 0) is 11.1 Å². The second-order valence-electron chi connectivity index (χ2n) is 5.19. The molecule has 2 aromatic carbocycles. The van der Waals surface area contributed by atoms with E-state index in [4.69, 9.17) is 11.6 Å². The van der Waals surface area contributed by atoms with E-state index in [9.17, 15) is 9.59 Å². The van der Waals surface area contributed by atoms with Gasteiger partial charge in [0.05, 0.1) is 11.4 Å². The van der Waals surface area contributed by atoms with Crippen LogP contribution in [0.1, 0.15) is 22.5 Å². The monoisotopic (exact) mass is 326 g/mol. The summed E-state index contributed by atoms with van der Waals surface area (Å²) in [5.41, 5.74) is 0.892. The number of hydrogen-bond acceptors (Lipinski definition) is 2. The van der Waals surface area contributed by atoms with Gasteiger partial charge >= 0.3 is 5.69 Å². The largest absolute Gasteiger partial charge is 0.328 e. The molecule has 4 nitrogen and oxygen atoms in total. The summed E-state index contributed by atoms with van der Waals surface area (Å²) in [5.74, 6) is 0. The van der Waals surface area contributed by atoms with Crippen LogP contribution in [0.4, 0.5) is 0 Å². The van der Waals surface area contributed by atoms with Crippen molar-refractivity contribution >= 4 is 11.6 Å². The Labute approximate surface area is 138 Å². The highest BCUT2D eigenvalue weighted by Gasteiger charge is 2.25. The first-order chi connectivity index (χ1) is 11.2. The number of H-pyrrole nitrogens is 1. The van der Waals surface area contributed by atoms with E-state index >= 15 is 0 Å². The Kier molecular flexibility index (Phi) is 4.44. The maximum atomic E-state index is 12.2. The topological polar surface area (TPSA) is 54.9 Å². The van der Waals surface area contributed by atoms with Crippen LogP contribution < -0.4 is 11.2 Å². The van der Waals surface area contributed by atoms with Gasteiger partial charge in [-0.25, -0.2) is 4.79 Å². The number of aromatic nitrogens is 2. The number of aromatic amines is 1. The van der Waals surface area contributed by atoms with E-state index in [2.05, 4.69) is 4.98 Å². The Morgan fingerprint density at radius 3 is 1.96 bits per heavy atom. The van der Waals surface area contributed by atoms with Crippen LogP contribution in [-0.2, 0) is 0 Å². The van der Waals surface area contributed by atoms with Gasteiger partial charge in [0.1, 0.15) is 0 Å². The van der Waals surface area contributed by atoms with Crippen molar-refractivity contribution in [1.29, 1.82) is 0 Å². The molecule has 23 heavy (non-hydrogen) atoms. The van der Waals surface area contributed by atoms with Crippen molar-refractivity contribution in [2.75, 3.05) is 0 Å². The molecule has 2 atom stereocenters. The first-order valence-electron chi connectivity index (χ1n) is 7.22. The summed E-state index contributed by atoms with van der Waals surface area (Å²) in [7, 11) is 0. The smallest absolute Gasteiger partial charge is 0.291 e. The number of halogens is 1. The van der Waals surface area contributed by atoms with Crippen molar-refractivity contribution in [3.8, 4) is 0 Å². The predicted octanol–water partition coefficient (Wildman–Crippen LogP) is 3.11. The highest BCUT2D eigenvalue weighted by atomic mass is 35.5. The Morgan fingerprint density at radius 1 is 0.826 bits per heavy atom. The van der Waals surface area contributed by atoms with Gasteiger partial charge in [-0.15, -0.1) is 11.6 Å². The molecule has 116 valence electrons. The third kappa shape index (κ3) is 3.27. The zero-order valence-corrected chi connectivity index (χ0v) is 13.0. The van der Waals surface area contributed by atoms with Crippen LogP contribution in [-0.4, -0.2) is 9.55 Å². The maximum absolute atomic E-state index is 12.2. The summed E-state index contributed by atoms with van der Waals surface area (Å²) < 4.78 is 1.46. The van der Waals surface area contributed by atoms with E-state index in [1.54, 1.807) is 0 Å². The number of nitrogens with one attached hydrogen (secondary N) is 1. The molecule has 1 heterocycles. The predicted molar refractivity (Wildman–Crippen MR) is 90.9 cm³/mol. The van der Waals surface area contributed by atoms with Gasteiger partial charge in [0, 0.05) is 12.3 Å². The molecule has 3 rings (SSSR count). The molecular formula is C18H15ClN2O2. The maximum Gasteiger partial charge on any atom is 0.328 e. The molecular weight excluding hydrogens is 312 g/mol. The van der Waals surface area contributed by atoms with Crippen LogP contribution in [0.15, 0.2) is 82.5 Å². The zero-order chi connectivity index (χ0) is 16.2. The first kappa shape index (κ1) is 15.3. The minimum absolute atomic E-state index is 0.426. The quantitative estimate of drug-likeness (QED) is 0.749. The average Bonchev–Trinajstić information content (AvgIpc) is 2.59. The van der Waals surface area contributed by atoms with E-state index in [-0.39, 0.29) is 0 Å². The highest BCUT2D eigenvalue weighted by Crippen LogP contribution is 2.36. The Bertz CT molecular complexity index is 888. The van der Waals surface area contributed by atoms with Crippen LogP contribution in [0.25, 0.3) is 0 Å². The van der Waals surface area contributed by atoms with Crippen molar-refractivity contribution < 1.29 is 0 Å². The third-order valence-corrected chi connectivity index (χ3v) is 4.18. The SMILES string of the molecule is O=c1ccn(C(c2ccccc2)C(Cl)c2ccccc2)c(=O)[nH]1. The molecule has 0 fully saturated rings. The summed E-state index contributed by atoms with van der Waals surface area (Å²) in [5, 5.41) is -0.456. The first-order valence-corrected chi connectivity index (χ1v) is 7.66. The lowest BCUT2D eigenvalue weighted by Gasteiger charge is -2.25. The normalized spacial score (nSPS) is 13.4. The van der Waals surface area contributed by atoms with E-state index in [1.165, 1.54) is 16.8 Å². The highest BCUT2D eigenvalue weighted by molar-refractivity contribution is 6.21. The fourth-order valence-corrected chi connectivity index (χ4v) is 3.00. The molecule has 2 unspecified atom stereocenters. The van der Waals surface area contributed by atoms with E-state index in [1.807, 2.05) is 60.7 Å². The minimum atomic E-state index is -0.479. The molecule has 3 aromatic rings. The molecule has 0 spiro atoms. The van der Waals surface area contributed by atoms with E-state index in [0.717, 1.165) is 11.1 Å². The summed E-state index contributed by atoms with van der Waals surface area (Å²) >= 11 is 6.70. The summed E-state index contributed by atoms with van der Waals surface area (Å²) in [6.07, 6.45) is 1.48. The van der Waals surface area contributed by atoms with Crippen molar-refractivity contribution in [3.05, 3.63) is 105 Å². The van der Waals surface area contributed by atoms with Gasteiger partial charge in [0.25, 0.3) is 5.56 Å². The zero-order valence-electron chi connectivity index (χ0n) is 12.2. The lowest BCUT2D eigenvalue weighted by atomic mass is 9.98. The average molecular weight is 327 g/mol. The Hall–Kier alpha value is -2.59. The molecule has 0 aliphatic rings. The van der Waals surface area contributed by atoms with Crippen LogP contribution in [0.3, 0.4) is 0 Å². The second kappa shape index (κ2) is 6.67. The number of alkyl halides is 1. The van der Waals surface area contributed by atoms with Crippen LogP contribution in [0, 0.1) is 0 Å². The molecule has 0 bridgehead atoms. The van der Waals surface area contributed by atoms with Gasteiger partial charge < -0.3 is 0 Å². The fourth-order valence-electron chi connectivity index (χ4n) is 2.59. The van der Waals surface area contributed by atoms with E-state index < -0.39 is 22.7 Å². The van der Waals surface area contributed by atoms with Crippen molar-refractivity contribution in [2.45, 2.75) is 11.4 Å². The van der Waals surface area contributed by atoms with E-state index in [0.29, 0.717) is 0 Å². The van der Waals surface area contributed by atoms with Crippen LogP contribution in [0.5, 0.6) is 0 Å². The molecule has 0 amide bonds. The molecule has 0 aliphatic heterocycles. The molecule has 0 saturated heterocycles. The minimum Gasteiger partial charge on any atom is -0.291 e. The van der Waals surface area contributed by atoms with Crippen molar-refractivity contribution in [1.82, 2.24) is 9.55 Å². The molecule has 1 N–H and O–H groups in total. The second-order valence-corrected chi connectivity index (χ2v) is 5.66. The summed E-state index contributed by atoms with van der Waals surface area (Å²) in [6, 6.07) is 20.0. The van der Waals surface area contributed by atoms with Gasteiger partial charge in [-0.3, -0.25) is 14.3 Å². The van der Waals surface area contributed by atoms with Gasteiger partial charge in [-0.2, -0.15) is 0 Å². The number of rotatable bonds is 4. The van der Waals surface area contributed by atoms with Crippen LogP contribution >= 0.6 is 11.6 Å². The van der Waals surface area contributed by atoms with Crippen LogP contribution in [0.2, 0.25) is 0 Å². The van der Waals surface area contributed by atoms with Gasteiger partial charge in [0.2, 0.25) is 0 Å². The molecule has 1 aromatic heterocycles. The number of hydrogen-bond donors (Lipinski definition) is 1. The molecule has 5 heteroatoms. The molecule has 0 radical (unpaired) electrons. The third-order valence-electron chi connectivity index (χ3n) is 3.69. The van der Waals surface area contributed by atoms with Gasteiger partial charge in [-0.1, -0.05) is 60.7 Å². The summed E-state index contributed by atoms with van der Waals surface area (Å²) in [4.78, 5) is 25.9. The molecule has 0 aliphatic carbocycles. The lowest BCUT2D eigenvalue weighted by molar-refractivity contribution is 0.533. The van der Waals surface area contributed by atoms with Crippen molar-refractivity contribution in [3.63, 3.8) is 0 Å². The number of benzene rings is 2. The lowest BCUT2D eigenvalue weighted by Crippen LogP contribution is -2.33. The van der Waals surface area contributed by atoms with Crippen molar-refractivity contribution in [2.24, 2.45) is 0 Å². The fraction of sp³-hybridized carbons (Fsp3) is 0.111. The molecule has 0 saturated carbocycles. The number of nitrogens with zero attached hydrogens (tertiary/aromatic N) is 1. The van der Waals surface area contributed by atoms with Gasteiger partial charge in [0.15, 0.2) is 0 Å². The Morgan fingerprint density at radius 2 is 1.39 bits per heavy atom.